The molecule has 0 aliphatic heterocycles. The first-order chi connectivity index (χ1) is 7.22. The van der Waals surface area contributed by atoms with E-state index in [-0.39, 0.29) is 11.5 Å². The number of allylic oxidation sites excluding steroid dienone is 1. The third kappa shape index (κ3) is 2.44. The van der Waals surface area contributed by atoms with E-state index in [4.69, 9.17) is 0 Å². The molecule has 2 rings (SSSR count). The van der Waals surface area contributed by atoms with Crippen LogP contribution in [0.5, 0.6) is 0 Å². The fourth-order valence-electron chi connectivity index (χ4n) is 3.27. The minimum absolute atomic E-state index is 0.102. The van der Waals surface area contributed by atoms with E-state index in [1.165, 1.54) is 51.4 Å². The fourth-order valence-corrected chi connectivity index (χ4v) is 3.27. The normalized spacial score (nSPS) is 32.5. The Morgan fingerprint density at radius 3 is 2.53 bits per heavy atom. The Labute approximate surface area is 93.6 Å². The van der Waals surface area contributed by atoms with Gasteiger partial charge in [0.1, 0.15) is 0 Å². The van der Waals surface area contributed by atoms with Crippen molar-refractivity contribution in [2.45, 2.75) is 64.4 Å². The maximum Gasteiger partial charge on any atom is 0.0656 e. The lowest BCUT2D eigenvalue weighted by Gasteiger charge is -2.41. The summed E-state index contributed by atoms with van der Waals surface area (Å²) in [6.07, 6.45) is 14.5. The average molecular weight is 208 g/mol. The number of aliphatic hydroxyl groups excluding tert-OH is 1. The van der Waals surface area contributed by atoms with Gasteiger partial charge in [0.25, 0.3) is 0 Å². The van der Waals surface area contributed by atoms with E-state index in [9.17, 15) is 5.11 Å². The van der Waals surface area contributed by atoms with Crippen LogP contribution in [0.3, 0.4) is 0 Å². The van der Waals surface area contributed by atoms with Crippen molar-refractivity contribution in [1.29, 1.82) is 0 Å². The number of aliphatic hydroxyl groups is 1. The number of hydrogen-bond donors (Lipinski definition) is 1. The van der Waals surface area contributed by atoms with Crippen LogP contribution in [0.2, 0.25) is 0 Å². The Balaban J connectivity index is 2.01. The molecular formula is C14H24O. The molecule has 0 bridgehead atoms. The third-order valence-electron chi connectivity index (χ3n) is 4.41. The average Bonchev–Trinajstić information content (AvgIpc) is 2.30. The summed E-state index contributed by atoms with van der Waals surface area (Å²) in [6.45, 7) is 2.29. The molecule has 0 aromatic rings. The second-order valence-electron chi connectivity index (χ2n) is 5.68. The number of hydrogen-bond acceptors (Lipinski definition) is 1. The highest BCUT2D eigenvalue weighted by molar-refractivity contribution is 5.00. The zero-order valence-corrected chi connectivity index (χ0v) is 9.91. The van der Waals surface area contributed by atoms with Gasteiger partial charge in [0.05, 0.1) is 6.10 Å². The van der Waals surface area contributed by atoms with Crippen molar-refractivity contribution < 1.29 is 5.11 Å². The molecule has 0 spiro atoms. The first kappa shape index (κ1) is 11.2. The highest BCUT2D eigenvalue weighted by Crippen LogP contribution is 2.42. The summed E-state index contributed by atoms with van der Waals surface area (Å²) in [7, 11) is 0. The second-order valence-corrected chi connectivity index (χ2v) is 5.68. The summed E-state index contributed by atoms with van der Waals surface area (Å²) in [5.41, 5.74) is 0.199. The lowest BCUT2D eigenvalue weighted by Crippen LogP contribution is -2.39. The monoisotopic (exact) mass is 208 g/mol. The SMILES string of the molecule is CC1(C(O)C2C=CCCC2)CCCCC1. The number of rotatable bonds is 2. The third-order valence-corrected chi connectivity index (χ3v) is 4.41. The second kappa shape index (κ2) is 4.69. The Morgan fingerprint density at radius 2 is 1.93 bits per heavy atom. The molecule has 2 aliphatic carbocycles. The highest BCUT2D eigenvalue weighted by Gasteiger charge is 2.37. The molecule has 2 aliphatic rings. The fraction of sp³-hybridized carbons (Fsp3) is 0.857. The predicted molar refractivity (Wildman–Crippen MR) is 63.7 cm³/mol. The van der Waals surface area contributed by atoms with Gasteiger partial charge in [-0.05, 0) is 37.5 Å². The van der Waals surface area contributed by atoms with E-state index >= 15 is 0 Å². The molecule has 15 heavy (non-hydrogen) atoms. The summed E-state index contributed by atoms with van der Waals surface area (Å²) in [5.74, 6) is 0.432. The van der Waals surface area contributed by atoms with Crippen molar-refractivity contribution in [3.63, 3.8) is 0 Å². The topological polar surface area (TPSA) is 20.2 Å². The van der Waals surface area contributed by atoms with Crippen LogP contribution in [-0.2, 0) is 0 Å². The van der Waals surface area contributed by atoms with Crippen LogP contribution < -0.4 is 0 Å². The van der Waals surface area contributed by atoms with Crippen molar-refractivity contribution in [1.82, 2.24) is 0 Å². The zero-order chi connectivity index (χ0) is 10.7. The zero-order valence-electron chi connectivity index (χ0n) is 9.91. The van der Waals surface area contributed by atoms with Gasteiger partial charge in [-0.2, -0.15) is 0 Å². The van der Waals surface area contributed by atoms with E-state index in [1.54, 1.807) is 0 Å². The molecule has 2 atom stereocenters. The van der Waals surface area contributed by atoms with Gasteiger partial charge in [0.2, 0.25) is 0 Å². The molecular weight excluding hydrogens is 184 g/mol. The molecule has 86 valence electrons. The summed E-state index contributed by atoms with van der Waals surface area (Å²) in [6, 6.07) is 0. The van der Waals surface area contributed by atoms with Gasteiger partial charge in [-0.15, -0.1) is 0 Å². The van der Waals surface area contributed by atoms with Crippen LogP contribution in [0, 0.1) is 11.3 Å². The quantitative estimate of drug-likeness (QED) is 0.686. The summed E-state index contributed by atoms with van der Waals surface area (Å²) < 4.78 is 0. The molecule has 0 radical (unpaired) electrons. The maximum absolute atomic E-state index is 10.5. The molecule has 0 aromatic heterocycles. The molecule has 0 saturated heterocycles. The highest BCUT2D eigenvalue weighted by atomic mass is 16.3. The Hall–Kier alpha value is -0.300. The van der Waals surface area contributed by atoms with E-state index < -0.39 is 0 Å². The van der Waals surface area contributed by atoms with Gasteiger partial charge in [0.15, 0.2) is 0 Å². The molecule has 2 unspecified atom stereocenters. The van der Waals surface area contributed by atoms with E-state index in [0.29, 0.717) is 5.92 Å². The largest absolute Gasteiger partial charge is 0.392 e. The molecule has 0 heterocycles. The maximum atomic E-state index is 10.5. The lowest BCUT2D eigenvalue weighted by atomic mass is 9.67. The molecule has 1 fully saturated rings. The summed E-state index contributed by atoms with van der Waals surface area (Å²) in [5, 5.41) is 10.5. The molecule has 1 nitrogen and oxygen atoms in total. The van der Waals surface area contributed by atoms with Crippen molar-refractivity contribution in [2.24, 2.45) is 11.3 Å². The predicted octanol–water partition coefficient (Wildman–Crippen LogP) is 3.67. The lowest BCUT2D eigenvalue weighted by molar-refractivity contribution is -0.0213. The van der Waals surface area contributed by atoms with Crippen LogP contribution in [0.1, 0.15) is 58.3 Å². The Kier molecular flexibility index (Phi) is 3.50. The van der Waals surface area contributed by atoms with Crippen molar-refractivity contribution in [2.75, 3.05) is 0 Å². The van der Waals surface area contributed by atoms with Crippen LogP contribution in [0.4, 0.5) is 0 Å². The Morgan fingerprint density at radius 1 is 1.20 bits per heavy atom. The van der Waals surface area contributed by atoms with Crippen LogP contribution >= 0.6 is 0 Å². The van der Waals surface area contributed by atoms with Gasteiger partial charge >= 0.3 is 0 Å². The van der Waals surface area contributed by atoms with Crippen LogP contribution in [0.15, 0.2) is 12.2 Å². The van der Waals surface area contributed by atoms with Crippen LogP contribution in [-0.4, -0.2) is 11.2 Å². The minimum Gasteiger partial charge on any atom is -0.392 e. The molecule has 1 heteroatoms. The van der Waals surface area contributed by atoms with E-state index in [2.05, 4.69) is 19.1 Å². The van der Waals surface area contributed by atoms with Gasteiger partial charge in [-0.3, -0.25) is 0 Å². The summed E-state index contributed by atoms with van der Waals surface area (Å²) in [4.78, 5) is 0. The molecule has 1 saturated carbocycles. The van der Waals surface area contributed by atoms with Gasteiger partial charge < -0.3 is 5.11 Å². The van der Waals surface area contributed by atoms with E-state index in [0.717, 1.165) is 0 Å². The van der Waals surface area contributed by atoms with Crippen molar-refractivity contribution >= 4 is 0 Å². The van der Waals surface area contributed by atoms with Crippen molar-refractivity contribution in [3.8, 4) is 0 Å². The van der Waals surface area contributed by atoms with E-state index in [1.807, 2.05) is 0 Å². The molecule has 0 amide bonds. The smallest absolute Gasteiger partial charge is 0.0656 e. The standard InChI is InChI=1S/C14H24O/c1-14(10-6-3-7-11-14)13(15)12-8-4-2-5-9-12/h4,8,12-13,15H,2-3,5-7,9-11H2,1H3. The molecule has 0 aromatic carbocycles. The first-order valence-corrected chi connectivity index (χ1v) is 6.57. The Bertz CT molecular complexity index is 225. The van der Waals surface area contributed by atoms with Crippen LogP contribution in [0.25, 0.3) is 0 Å². The van der Waals surface area contributed by atoms with Gasteiger partial charge in [0, 0.05) is 5.92 Å². The van der Waals surface area contributed by atoms with Gasteiger partial charge in [-0.25, -0.2) is 0 Å². The minimum atomic E-state index is -0.102. The first-order valence-electron chi connectivity index (χ1n) is 6.57. The van der Waals surface area contributed by atoms with Gasteiger partial charge in [-0.1, -0.05) is 38.3 Å². The van der Waals surface area contributed by atoms with Crippen molar-refractivity contribution in [3.05, 3.63) is 12.2 Å². The summed E-state index contributed by atoms with van der Waals surface area (Å²) >= 11 is 0. The molecule has 1 N–H and O–H groups in total.